The van der Waals surface area contributed by atoms with Gasteiger partial charge in [-0.05, 0) is 30.4 Å². The van der Waals surface area contributed by atoms with Gasteiger partial charge >= 0.3 is 0 Å². The summed E-state index contributed by atoms with van der Waals surface area (Å²) in [6.07, 6.45) is 0.866. The number of carbonyl (C=O) groups excluding carboxylic acids is 3. The van der Waals surface area contributed by atoms with E-state index in [1.807, 2.05) is 32.9 Å². The van der Waals surface area contributed by atoms with Crippen molar-refractivity contribution in [3.63, 3.8) is 0 Å². The highest BCUT2D eigenvalue weighted by Gasteiger charge is 2.48. The van der Waals surface area contributed by atoms with Gasteiger partial charge in [0.1, 0.15) is 18.7 Å². The van der Waals surface area contributed by atoms with E-state index in [0.717, 1.165) is 55.7 Å². The van der Waals surface area contributed by atoms with Gasteiger partial charge in [0.25, 0.3) is 5.91 Å². The molecule has 0 spiro atoms. The van der Waals surface area contributed by atoms with Gasteiger partial charge in [0, 0.05) is 62.9 Å². The van der Waals surface area contributed by atoms with E-state index in [1.54, 1.807) is 35.5 Å². The molecule has 2 aromatic rings. The van der Waals surface area contributed by atoms with E-state index in [-0.39, 0.29) is 35.7 Å². The minimum absolute atomic E-state index is 0.0494. The molecule has 3 fully saturated rings. The van der Waals surface area contributed by atoms with Gasteiger partial charge in [-0.25, -0.2) is 4.98 Å². The molecule has 0 saturated carbocycles. The second kappa shape index (κ2) is 12.6. The van der Waals surface area contributed by atoms with Crippen LogP contribution in [0.15, 0.2) is 29.6 Å². The molecule has 11 heteroatoms. The fourth-order valence-electron chi connectivity index (χ4n) is 5.81. The summed E-state index contributed by atoms with van der Waals surface area (Å²) in [6, 6.07) is 6.08. The van der Waals surface area contributed by atoms with E-state index in [1.165, 1.54) is 0 Å². The minimum Gasteiger partial charge on any atom is -0.383 e. The monoisotopic (exact) mass is 583 g/mol. The molecular formula is C30H41N5O5S. The Kier molecular flexibility index (Phi) is 9.08. The Hall–Kier alpha value is -2.86. The largest absolute Gasteiger partial charge is 0.383 e. The number of hydrogen-bond donors (Lipinski definition) is 1. The highest BCUT2D eigenvalue weighted by molar-refractivity contribution is 7.14. The summed E-state index contributed by atoms with van der Waals surface area (Å²) >= 11 is 1.63. The van der Waals surface area contributed by atoms with Gasteiger partial charge in [-0.2, -0.15) is 0 Å². The van der Waals surface area contributed by atoms with Crippen LogP contribution >= 0.6 is 11.3 Å². The summed E-state index contributed by atoms with van der Waals surface area (Å²) in [4.78, 5) is 50.5. The Balaban J connectivity index is 1.22. The number of benzene rings is 1. The lowest BCUT2D eigenvalue weighted by Crippen LogP contribution is -2.53. The number of ketones is 1. The Morgan fingerprint density at radius 3 is 2.56 bits per heavy atom. The van der Waals surface area contributed by atoms with Crippen LogP contribution in [0.25, 0.3) is 11.3 Å². The number of likely N-dealkylation sites (tertiary alicyclic amines) is 1. The Bertz CT molecular complexity index is 1230. The molecular weight excluding hydrogens is 542 g/mol. The third-order valence-corrected chi connectivity index (χ3v) is 8.91. The number of nitrogens with one attached hydrogen (secondary N) is 1. The van der Waals surface area contributed by atoms with Crippen LogP contribution < -0.4 is 10.2 Å². The average Bonchev–Trinajstić information content (AvgIpc) is 3.69. The normalized spacial score (nSPS) is 22.2. The third kappa shape index (κ3) is 6.97. The van der Waals surface area contributed by atoms with Crippen molar-refractivity contribution in [3.05, 3.63) is 35.2 Å². The van der Waals surface area contributed by atoms with E-state index in [0.29, 0.717) is 24.9 Å². The first-order chi connectivity index (χ1) is 19.6. The first-order valence-corrected chi connectivity index (χ1v) is 15.3. The average molecular weight is 584 g/mol. The summed E-state index contributed by atoms with van der Waals surface area (Å²) in [5.41, 5.74) is 2.09. The van der Waals surface area contributed by atoms with Crippen LogP contribution in [0, 0.1) is 5.41 Å². The lowest BCUT2D eigenvalue weighted by atomic mass is 9.87. The minimum atomic E-state index is -0.731. The summed E-state index contributed by atoms with van der Waals surface area (Å²) in [5, 5.41) is 6.03. The van der Waals surface area contributed by atoms with Crippen LogP contribution in [0.2, 0.25) is 0 Å². The first kappa shape index (κ1) is 29.6. The predicted molar refractivity (Wildman–Crippen MR) is 158 cm³/mol. The van der Waals surface area contributed by atoms with Crippen LogP contribution in [0.4, 0.5) is 5.13 Å². The molecule has 10 nitrogen and oxygen atoms in total. The van der Waals surface area contributed by atoms with Crippen LogP contribution in [0.1, 0.15) is 44.0 Å². The van der Waals surface area contributed by atoms with Gasteiger partial charge in [-0.3, -0.25) is 19.3 Å². The number of ether oxygens (including phenoxy) is 2. The van der Waals surface area contributed by atoms with Gasteiger partial charge in [0.2, 0.25) is 5.91 Å². The summed E-state index contributed by atoms with van der Waals surface area (Å²) < 4.78 is 10.8. The van der Waals surface area contributed by atoms with Gasteiger partial charge in [-0.1, -0.05) is 32.9 Å². The second-order valence-electron chi connectivity index (χ2n) is 12.3. The van der Waals surface area contributed by atoms with Crippen molar-refractivity contribution >= 4 is 34.1 Å². The number of amides is 2. The number of fused-ring (bicyclic) bond motifs is 1. The number of Topliss-reactive ketones (excluding diaryl/α,β-unsaturated/α-hetero) is 1. The van der Waals surface area contributed by atoms with Crippen LogP contribution in [-0.4, -0.2) is 110 Å². The molecule has 3 aliphatic rings. The molecule has 1 N–H and O–H groups in total. The standard InChI is InChI=1S/C30H41N5O5S/c1-30(2,3)17-22(28(38)35-10-9-25-26(35)24(36)18-40-25)31-27(37)21-7-5-20(6-8-21)23-19-41-29(32-23)34-13-11-33(12-14-34)15-16-39-4/h5-8,19,22,25-26H,9-18H2,1-4H3,(H,31,37)/t22?,25-,26-/m1/s1. The van der Waals surface area contributed by atoms with Gasteiger partial charge < -0.3 is 24.6 Å². The van der Waals surface area contributed by atoms with Gasteiger partial charge in [0.15, 0.2) is 10.9 Å². The SMILES string of the molecule is COCCN1CCN(c2nc(-c3ccc(C(=O)NC(CC(C)(C)C)C(=O)N4CC[C@H]5OCC(=O)[C@H]54)cc3)cs2)CC1. The molecule has 2 amide bonds. The topological polar surface area (TPSA) is 104 Å². The maximum Gasteiger partial charge on any atom is 0.251 e. The number of hydrogen-bond acceptors (Lipinski definition) is 9. The number of thiazole rings is 1. The number of anilines is 1. The third-order valence-electron chi connectivity index (χ3n) is 8.00. The molecule has 222 valence electrons. The maximum absolute atomic E-state index is 13.6. The summed E-state index contributed by atoms with van der Waals surface area (Å²) in [6.45, 7) is 12.2. The first-order valence-electron chi connectivity index (χ1n) is 14.4. The summed E-state index contributed by atoms with van der Waals surface area (Å²) in [7, 11) is 1.73. The van der Waals surface area contributed by atoms with Crippen LogP contribution in [0.5, 0.6) is 0 Å². The van der Waals surface area contributed by atoms with Crippen LogP contribution in [0.3, 0.4) is 0 Å². The van der Waals surface area contributed by atoms with Gasteiger partial charge in [-0.15, -0.1) is 11.3 Å². The Labute approximate surface area is 246 Å². The molecule has 4 heterocycles. The molecule has 1 unspecified atom stereocenters. The fraction of sp³-hybridized carbons (Fsp3) is 0.600. The van der Waals surface area contributed by atoms with E-state index in [2.05, 4.69) is 20.5 Å². The zero-order chi connectivity index (χ0) is 29.1. The predicted octanol–water partition coefficient (Wildman–Crippen LogP) is 2.68. The van der Waals surface area contributed by atoms with Crippen LogP contribution in [-0.2, 0) is 19.1 Å². The van der Waals surface area contributed by atoms with E-state index < -0.39 is 12.1 Å². The number of rotatable bonds is 9. The lowest BCUT2D eigenvalue weighted by molar-refractivity contribution is -0.138. The highest BCUT2D eigenvalue weighted by atomic mass is 32.1. The number of methoxy groups -OCH3 is 1. The number of nitrogens with zero attached hydrogens (tertiary/aromatic N) is 4. The number of piperazine rings is 1. The molecule has 1 aromatic carbocycles. The van der Waals surface area contributed by atoms with E-state index in [4.69, 9.17) is 14.5 Å². The molecule has 41 heavy (non-hydrogen) atoms. The quantitative estimate of drug-likeness (QED) is 0.481. The van der Waals surface area contributed by atoms with Crippen molar-refractivity contribution in [2.45, 2.75) is 51.8 Å². The maximum atomic E-state index is 13.6. The number of aromatic nitrogens is 1. The lowest BCUT2D eigenvalue weighted by Gasteiger charge is -2.34. The highest BCUT2D eigenvalue weighted by Crippen LogP contribution is 2.31. The van der Waals surface area contributed by atoms with Crippen molar-refractivity contribution in [2.24, 2.45) is 5.41 Å². The molecule has 3 aliphatic heterocycles. The van der Waals surface area contributed by atoms with Gasteiger partial charge in [0.05, 0.1) is 18.4 Å². The van der Waals surface area contributed by atoms with Crippen molar-refractivity contribution in [3.8, 4) is 11.3 Å². The molecule has 0 radical (unpaired) electrons. The molecule has 0 bridgehead atoms. The van der Waals surface area contributed by atoms with Crippen molar-refractivity contribution in [2.75, 3.05) is 64.5 Å². The number of carbonyl (C=O) groups is 3. The second-order valence-corrected chi connectivity index (χ2v) is 13.1. The van der Waals surface area contributed by atoms with E-state index in [9.17, 15) is 14.4 Å². The van der Waals surface area contributed by atoms with E-state index >= 15 is 0 Å². The molecule has 3 atom stereocenters. The van der Waals surface area contributed by atoms with Crippen molar-refractivity contribution < 1.29 is 23.9 Å². The zero-order valence-electron chi connectivity index (χ0n) is 24.4. The summed E-state index contributed by atoms with van der Waals surface area (Å²) in [5.74, 6) is -0.591. The van der Waals surface area contributed by atoms with Crippen molar-refractivity contribution in [1.82, 2.24) is 20.1 Å². The molecule has 5 rings (SSSR count). The smallest absolute Gasteiger partial charge is 0.251 e. The Morgan fingerprint density at radius 2 is 1.88 bits per heavy atom. The molecule has 0 aliphatic carbocycles. The fourth-order valence-corrected chi connectivity index (χ4v) is 6.70. The zero-order valence-corrected chi connectivity index (χ0v) is 25.2. The Morgan fingerprint density at radius 1 is 1.15 bits per heavy atom. The molecule has 3 saturated heterocycles. The molecule has 1 aromatic heterocycles. The van der Waals surface area contributed by atoms with Crippen molar-refractivity contribution in [1.29, 1.82) is 0 Å².